The van der Waals surface area contributed by atoms with Gasteiger partial charge in [0.05, 0.1) is 10.6 Å². The molecule has 1 aliphatic rings. The van der Waals surface area contributed by atoms with Crippen LogP contribution in [0.2, 0.25) is 0 Å². The van der Waals surface area contributed by atoms with Crippen LogP contribution in [0.15, 0.2) is 18.2 Å². The highest BCUT2D eigenvalue weighted by Gasteiger charge is 2.14. The van der Waals surface area contributed by atoms with E-state index in [2.05, 4.69) is 10.3 Å². The number of benzene rings is 1. The summed E-state index contributed by atoms with van der Waals surface area (Å²) in [6.07, 6.45) is 6.25. The smallest absolute Gasteiger partial charge is 0.269 e. The van der Waals surface area contributed by atoms with Crippen molar-refractivity contribution in [3.05, 3.63) is 33.9 Å². The van der Waals surface area contributed by atoms with Crippen LogP contribution < -0.4 is 11.3 Å². The Morgan fingerprint density at radius 3 is 2.45 bits per heavy atom. The van der Waals surface area contributed by atoms with Crippen molar-refractivity contribution in [2.24, 2.45) is 5.84 Å². The minimum Gasteiger partial charge on any atom is -0.324 e. The molecular formula is C14H22N4O2. The zero-order chi connectivity index (χ0) is 14.4. The van der Waals surface area contributed by atoms with Gasteiger partial charge in [0.15, 0.2) is 0 Å². The molecule has 0 aromatic heterocycles. The van der Waals surface area contributed by atoms with E-state index in [4.69, 9.17) is 5.84 Å². The zero-order valence-corrected chi connectivity index (χ0v) is 11.7. The number of likely N-dealkylation sites (tertiary alicyclic amines) is 1. The molecule has 0 amide bonds. The summed E-state index contributed by atoms with van der Waals surface area (Å²) in [7, 11) is 0. The lowest BCUT2D eigenvalue weighted by molar-refractivity contribution is -0.384. The van der Waals surface area contributed by atoms with Crippen LogP contribution in [0.5, 0.6) is 0 Å². The molecule has 1 heterocycles. The third-order valence-corrected chi connectivity index (χ3v) is 3.80. The minimum atomic E-state index is -0.364. The minimum absolute atomic E-state index is 0.117. The van der Waals surface area contributed by atoms with Gasteiger partial charge in [-0.15, -0.1) is 0 Å². The highest BCUT2D eigenvalue weighted by Crippen LogP contribution is 2.24. The average molecular weight is 278 g/mol. The van der Waals surface area contributed by atoms with Gasteiger partial charge in [0.1, 0.15) is 0 Å². The molecule has 2 rings (SSSR count). The van der Waals surface area contributed by atoms with Crippen molar-refractivity contribution in [3.8, 4) is 0 Å². The maximum atomic E-state index is 10.9. The number of nitrogens with one attached hydrogen (secondary N) is 1. The van der Waals surface area contributed by atoms with E-state index in [0.717, 1.165) is 24.3 Å². The fraction of sp³-hybridized carbons (Fsp3) is 0.571. The maximum absolute atomic E-state index is 10.9. The number of nitro groups is 1. The molecule has 3 N–H and O–H groups in total. The third kappa shape index (κ3) is 3.91. The summed E-state index contributed by atoms with van der Waals surface area (Å²) in [6, 6.07) is 4.78. The first-order valence-corrected chi connectivity index (χ1v) is 7.17. The monoisotopic (exact) mass is 278 g/mol. The quantitative estimate of drug-likeness (QED) is 0.502. The molecule has 0 unspecified atom stereocenters. The molecule has 0 bridgehead atoms. The van der Waals surface area contributed by atoms with E-state index in [0.29, 0.717) is 6.54 Å². The van der Waals surface area contributed by atoms with Crippen LogP contribution in [-0.4, -0.2) is 22.9 Å². The Bertz CT molecular complexity index is 456. The second kappa shape index (κ2) is 7.21. The Labute approximate surface area is 119 Å². The molecule has 1 aromatic carbocycles. The molecule has 1 aromatic rings. The summed E-state index contributed by atoms with van der Waals surface area (Å²) in [5.74, 6) is 5.50. The third-order valence-electron chi connectivity index (χ3n) is 3.80. The zero-order valence-electron chi connectivity index (χ0n) is 11.7. The molecule has 6 heteroatoms. The maximum Gasteiger partial charge on any atom is 0.269 e. The molecule has 6 nitrogen and oxygen atoms in total. The lowest BCUT2D eigenvalue weighted by Crippen LogP contribution is -2.27. The molecule has 0 atom stereocenters. The summed E-state index contributed by atoms with van der Waals surface area (Å²) in [4.78, 5) is 12.9. The Morgan fingerprint density at radius 1 is 1.20 bits per heavy atom. The van der Waals surface area contributed by atoms with E-state index in [-0.39, 0.29) is 10.6 Å². The second-order valence-electron chi connectivity index (χ2n) is 5.29. The number of nitrogen functional groups attached to an aromatic ring is 1. The highest BCUT2D eigenvalue weighted by molar-refractivity contribution is 5.55. The number of hydrazine groups is 1. The first kappa shape index (κ1) is 14.7. The predicted molar refractivity (Wildman–Crippen MR) is 79.3 cm³/mol. The van der Waals surface area contributed by atoms with Crippen LogP contribution in [-0.2, 0) is 6.54 Å². The Hall–Kier alpha value is -1.66. The highest BCUT2D eigenvalue weighted by atomic mass is 16.6. The van der Waals surface area contributed by atoms with Gasteiger partial charge in [-0.05, 0) is 37.6 Å². The van der Waals surface area contributed by atoms with Gasteiger partial charge in [0.25, 0.3) is 5.69 Å². The molecule has 0 saturated carbocycles. The number of hydrogen-bond donors (Lipinski definition) is 2. The number of nitro benzene ring substituents is 1. The van der Waals surface area contributed by atoms with Gasteiger partial charge in [0, 0.05) is 18.7 Å². The molecule has 1 fully saturated rings. The van der Waals surface area contributed by atoms with Crippen LogP contribution >= 0.6 is 0 Å². The van der Waals surface area contributed by atoms with Gasteiger partial charge < -0.3 is 5.43 Å². The Balaban J connectivity index is 2.12. The summed E-state index contributed by atoms with van der Waals surface area (Å²) in [5, 5.41) is 10.9. The Morgan fingerprint density at radius 2 is 1.85 bits per heavy atom. The number of anilines is 1. The van der Waals surface area contributed by atoms with Crippen molar-refractivity contribution < 1.29 is 4.92 Å². The summed E-state index contributed by atoms with van der Waals surface area (Å²) < 4.78 is 0. The molecule has 1 saturated heterocycles. The van der Waals surface area contributed by atoms with E-state index in [9.17, 15) is 10.1 Å². The van der Waals surface area contributed by atoms with E-state index in [1.807, 2.05) is 0 Å². The van der Waals surface area contributed by atoms with Gasteiger partial charge in [-0.2, -0.15) is 0 Å². The normalized spacial score (nSPS) is 17.2. The van der Waals surface area contributed by atoms with Gasteiger partial charge in [-0.25, -0.2) is 0 Å². The standard InChI is InChI=1S/C14H22N4O2/c15-16-14-7-6-13(18(19)20)10-12(14)11-17-8-4-2-1-3-5-9-17/h6-7,10,16H,1-5,8-9,11,15H2. The van der Waals surface area contributed by atoms with E-state index < -0.39 is 0 Å². The van der Waals surface area contributed by atoms with Crippen molar-refractivity contribution in [2.45, 2.75) is 38.6 Å². The largest absolute Gasteiger partial charge is 0.324 e. The fourth-order valence-corrected chi connectivity index (χ4v) is 2.68. The summed E-state index contributed by atoms with van der Waals surface area (Å²) >= 11 is 0. The summed E-state index contributed by atoms with van der Waals surface area (Å²) in [5.41, 5.74) is 4.40. The van der Waals surface area contributed by atoms with Gasteiger partial charge in [0.2, 0.25) is 0 Å². The molecule has 20 heavy (non-hydrogen) atoms. The average Bonchev–Trinajstić information content (AvgIpc) is 2.41. The molecule has 1 aliphatic heterocycles. The Kier molecular flexibility index (Phi) is 5.31. The van der Waals surface area contributed by atoms with E-state index in [1.54, 1.807) is 12.1 Å². The number of nitrogens with zero attached hydrogens (tertiary/aromatic N) is 2. The molecular weight excluding hydrogens is 256 g/mol. The number of rotatable bonds is 4. The van der Waals surface area contributed by atoms with Gasteiger partial charge in [-0.1, -0.05) is 19.3 Å². The van der Waals surface area contributed by atoms with Crippen LogP contribution in [0.1, 0.15) is 37.7 Å². The van der Waals surface area contributed by atoms with Crippen LogP contribution in [0.4, 0.5) is 11.4 Å². The number of hydrogen-bond acceptors (Lipinski definition) is 5. The SMILES string of the molecule is NNc1ccc([N+](=O)[O-])cc1CN1CCCCCCC1. The van der Waals surface area contributed by atoms with E-state index >= 15 is 0 Å². The van der Waals surface area contributed by atoms with E-state index in [1.165, 1.54) is 38.2 Å². The van der Waals surface area contributed by atoms with Crippen LogP contribution in [0.25, 0.3) is 0 Å². The van der Waals surface area contributed by atoms with Crippen LogP contribution in [0, 0.1) is 10.1 Å². The van der Waals surface area contributed by atoms with Crippen LogP contribution in [0.3, 0.4) is 0 Å². The fourth-order valence-electron chi connectivity index (χ4n) is 2.68. The van der Waals surface area contributed by atoms with Crippen molar-refractivity contribution in [1.29, 1.82) is 0 Å². The van der Waals surface area contributed by atoms with Crippen molar-refractivity contribution in [3.63, 3.8) is 0 Å². The first-order valence-electron chi connectivity index (χ1n) is 7.17. The lowest BCUT2D eigenvalue weighted by Gasteiger charge is -2.25. The molecule has 0 aliphatic carbocycles. The lowest BCUT2D eigenvalue weighted by atomic mass is 10.1. The van der Waals surface area contributed by atoms with Crippen molar-refractivity contribution in [1.82, 2.24) is 4.90 Å². The first-order chi connectivity index (χ1) is 9.70. The predicted octanol–water partition coefficient (Wildman–Crippen LogP) is 2.65. The second-order valence-corrected chi connectivity index (χ2v) is 5.29. The molecule has 0 radical (unpaired) electrons. The topological polar surface area (TPSA) is 84.4 Å². The summed E-state index contributed by atoms with van der Waals surface area (Å²) in [6.45, 7) is 2.81. The van der Waals surface area contributed by atoms with Crippen molar-refractivity contribution in [2.75, 3.05) is 18.5 Å². The molecule has 110 valence electrons. The van der Waals surface area contributed by atoms with Gasteiger partial charge >= 0.3 is 0 Å². The van der Waals surface area contributed by atoms with Gasteiger partial charge in [-0.3, -0.25) is 20.9 Å². The van der Waals surface area contributed by atoms with Crippen molar-refractivity contribution >= 4 is 11.4 Å². The molecule has 0 spiro atoms. The number of non-ortho nitro benzene ring substituents is 1. The number of nitrogens with two attached hydrogens (primary N) is 1.